The van der Waals surface area contributed by atoms with Gasteiger partial charge >= 0.3 is 0 Å². The molecule has 1 amide bonds. The number of carbonyl (C=O) groups excluding carboxylic acids is 1. The molecule has 1 unspecified atom stereocenters. The standard InChI is InChI=1S/C15H21NO/c1-9(2)5-12-8-16-15(17)13-7-10(3)6-11(4)14(12)13/h6-7,9,12H,5,8H2,1-4H3,(H,16,17). The van der Waals surface area contributed by atoms with Crippen molar-refractivity contribution in [2.75, 3.05) is 6.54 Å². The van der Waals surface area contributed by atoms with Gasteiger partial charge in [0.2, 0.25) is 0 Å². The lowest BCUT2D eigenvalue weighted by Crippen LogP contribution is -2.36. The van der Waals surface area contributed by atoms with Crippen LogP contribution < -0.4 is 5.32 Å². The van der Waals surface area contributed by atoms with Gasteiger partial charge in [0.15, 0.2) is 0 Å². The van der Waals surface area contributed by atoms with Crippen molar-refractivity contribution in [2.45, 2.75) is 40.0 Å². The fourth-order valence-corrected chi connectivity index (χ4v) is 2.89. The van der Waals surface area contributed by atoms with Crippen LogP contribution in [0.3, 0.4) is 0 Å². The molecular weight excluding hydrogens is 210 g/mol. The summed E-state index contributed by atoms with van der Waals surface area (Å²) in [5.41, 5.74) is 4.59. The summed E-state index contributed by atoms with van der Waals surface area (Å²) in [5, 5.41) is 3.01. The van der Waals surface area contributed by atoms with Crippen molar-refractivity contribution < 1.29 is 4.79 Å². The number of rotatable bonds is 2. The summed E-state index contributed by atoms with van der Waals surface area (Å²) in [6.07, 6.45) is 1.14. The van der Waals surface area contributed by atoms with E-state index in [4.69, 9.17) is 0 Å². The number of hydrogen-bond acceptors (Lipinski definition) is 1. The van der Waals surface area contributed by atoms with Gasteiger partial charge in [0.05, 0.1) is 0 Å². The zero-order valence-electron chi connectivity index (χ0n) is 11.1. The van der Waals surface area contributed by atoms with Crippen molar-refractivity contribution in [3.8, 4) is 0 Å². The molecule has 0 fully saturated rings. The summed E-state index contributed by atoms with van der Waals surface area (Å²) < 4.78 is 0. The smallest absolute Gasteiger partial charge is 0.251 e. The van der Waals surface area contributed by atoms with E-state index in [0.29, 0.717) is 11.8 Å². The van der Waals surface area contributed by atoms with E-state index in [-0.39, 0.29) is 5.91 Å². The van der Waals surface area contributed by atoms with Gasteiger partial charge < -0.3 is 5.32 Å². The normalized spacial score (nSPS) is 19.1. The molecule has 0 spiro atoms. The van der Waals surface area contributed by atoms with E-state index in [2.05, 4.69) is 32.2 Å². The third kappa shape index (κ3) is 2.36. The zero-order chi connectivity index (χ0) is 12.6. The van der Waals surface area contributed by atoms with Crippen molar-refractivity contribution >= 4 is 5.91 Å². The Balaban J connectivity index is 2.47. The molecule has 2 rings (SSSR count). The Bertz CT molecular complexity index is 448. The molecule has 1 aliphatic rings. The van der Waals surface area contributed by atoms with Crippen molar-refractivity contribution in [1.29, 1.82) is 0 Å². The minimum atomic E-state index is 0.0896. The maximum atomic E-state index is 11.9. The van der Waals surface area contributed by atoms with E-state index in [0.717, 1.165) is 18.5 Å². The van der Waals surface area contributed by atoms with Gasteiger partial charge in [-0.2, -0.15) is 0 Å². The van der Waals surface area contributed by atoms with Crippen LogP contribution in [-0.4, -0.2) is 12.5 Å². The molecule has 1 atom stereocenters. The first kappa shape index (κ1) is 12.2. The number of carbonyl (C=O) groups is 1. The molecule has 1 aromatic rings. The van der Waals surface area contributed by atoms with E-state index in [1.54, 1.807) is 0 Å². The molecule has 0 saturated carbocycles. The van der Waals surface area contributed by atoms with E-state index in [9.17, 15) is 4.79 Å². The molecule has 0 saturated heterocycles. The highest BCUT2D eigenvalue weighted by molar-refractivity contribution is 5.97. The second-order valence-electron chi connectivity index (χ2n) is 5.58. The highest BCUT2D eigenvalue weighted by Crippen LogP contribution is 2.32. The Hall–Kier alpha value is -1.31. The SMILES string of the molecule is Cc1cc(C)c2c(c1)C(=O)NCC2CC(C)C. The summed E-state index contributed by atoms with van der Waals surface area (Å²) in [6, 6.07) is 4.20. The van der Waals surface area contributed by atoms with Gasteiger partial charge in [-0.1, -0.05) is 25.5 Å². The van der Waals surface area contributed by atoms with Gasteiger partial charge in [-0.15, -0.1) is 0 Å². The maximum Gasteiger partial charge on any atom is 0.251 e. The third-order valence-corrected chi connectivity index (χ3v) is 3.45. The number of aryl methyl sites for hydroxylation is 2. The fourth-order valence-electron chi connectivity index (χ4n) is 2.89. The first-order valence-electron chi connectivity index (χ1n) is 6.38. The van der Waals surface area contributed by atoms with Crippen LogP contribution in [0.25, 0.3) is 0 Å². The second kappa shape index (κ2) is 4.52. The lowest BCUT2D eigenvalue weighted by atomic mass is 9.81. The van der Waals surface area contributed by atoms with Gasteiger partial charge in [0.25, 0.3) is 5.91 Å². The van der Waals surface area contributed by atoms with Gasteiger partial charge in [0, 0.05) is 18.0 Å². The monoisotopic (exact) mass is 231 g/mol. The predicted molar refractivity (Wildman–Crippen MR) is 70.4 cm³/mol. The van der Waals surface area contributed by atoms with Crippen LogP contribution in [0.1, 0.15) is 53.2 Å². The van der Waals surface area contributed by atoms with Crippen LogP contribution in [-0.2, 0) is 0 Å². The van der Waals surface area contributed by atoms with Crippen molar-refractivity contribution in [1.82, 2.24) is 5.32 Å². The molecule has 92 valence electrons. The number of benzene rings is 1. The first-order chi connectivity index (χ1) is 7.99. The summed E-state index contributed by atoms with van der Waals surface area (Å²) in [6.45, 7) is 9.43. The molecule has 0 radical (unpaired) electrons. The molecule has 2 nitrogen and oxygen atoms in total. The Kier molecular flexibility index (Phi) is 3.23. The van der Waals surface area contributed by atoms with E-state index < -0.39 is 0 Å². The lowest BCUT2D eigenvalue weighted by molar-refractivity contribution is 0.0937. The third-order valence-electron chi connectivity index (χ3n) is 3.45. The minimum absolute atomic E-state index is 0.0896. The Morgan fingerprint density at radius 1 is 1.35 bits per heavy atom. The second-order valence-corrected chi connectivity index (χ2v) is 5.58. The van der Waals surface area contributed by atoms with Gasteiger partial charge in [-0.05, 0) is 43.4 Å². The number of nitrogens with one attached hydrogen (secondary N) is 1. The van der Waals surface area contributed by atoms with Crippen molar-refractivity contribution in [3.05, 3.63) is 34.4 Å². The average molecular weight is 231 g/mol. The summed E-state index contributed by atoms with van der Waals surface area (Å²) >= 11 is 0. The van der Waals surface area contributed by atoms with Crippen molar-refractivity contribution in [3.63, 3.8) is 0 Å². The van der Waals surface area contributed by atoms with Crippen LogP contribution in [0.15, 0.2) is 12.1 Å². The van der Waals surface area contributed by atoms with Crippen molar-refractivity contribution in [2.24, 2.45) is 5.92 Å². The largest absolute Gasteiger partial charge is 0.351 e. The summed E-state index contributed by atoms with van der Waals surface area (Å²) in [4.78, 5) is 11.9. The van der Waals surface area contributed by atoms with E-state index >= 15 is 0 Å². The molecule has 1 N–H and O–H groups in total. The molecule has 0 aliphatic carbocycles. The van der Waals surface area contributed by atoms with Gasteiger partial charge in [-0.3, -0.25) is 4.79 Å². The molecule has 2 heteroatoms. The predicted octanol–water partition coefficient (Wildman–Crippen LogP) is 3.18. The number of amides is 1. The van der Waals surface area contributed by atoms with Crippen LogP contribution in [0.4, 0.5) is 0 Å². The fraction of sp³-hybridized carbons (Fsp3) is 0.533. The summed E-state index contributed by atoms with van der Waals surface area (Å²) in [5.74, 6) is 1.22. The number of hydrogen-bond donors (Lipinski definition) is 1. The lowest BCUT2D eigenvalue weighted by Gasteiger charge is -2.29. The zero-order valence-corrected chi connectivity index (χ0v) is 11.1. The summed E-state index contributed by atoms with van der Waals surface area (Å²) in [7, 11) is 0. The van der Waals surface area contributed by atoms with Gasteiger partial charge in [-0.25, -0.2) is 0 Å². The quantitative estimate of drug-likeness (QED) is 0.832. The molecule has 1 aliphatic heterocycles. The van der Waals surface area contributed by atoms with E-state index in [1.165, 1.54) is 16.7 Å². The Labute approximate surface area is 103 Å². The van der Waals surface area contributed by atoms with E-state index in [1.807, 2.05) is 13.0 Å². The highest BCUT2D eigenvalue weighted by Gasteiger charge is 2.27. The van der Waals surface area contributed by atoms with Crippen LogP contribution >= 0.6 is 0 Å². The van der Waals surface area contributed by atoms with Crippen LogP contribution in [0.5, 0.6) is 0 Å². The molecule has 1 heterocycles. The van der Waals surface area contributed by atoms with Gasteiger partial charge in [0.1, 0.15) is 0 Å². The number of fused-ring (bicyclic) bond motifs is 1. The molecule has 0 aromatic heterocycles. The molecule has 17 heavy (non-hydrogen) atoms. The molecular formula is C15H21NO. The first-order valence-corrected chi connectivity index (χ1v) is 6.38. The Morgan fingerprint density at radius 2 is 2.06 bits per heavy atom. The van der Waals surface area contributed by atoms with Crippen LogP contribution in [0.2, 0.25) is 0 Å². The van der Waals surface area contributed by atoms with Crippen LogP contribution in [0, 0.1) is 19.8 Å². The maximum absolute atomic E-state index is 11.9. The molecule has 1 aromatic carbocycles. The average Bonchev–Trinajstić information content (AvgIpc) is 2.21. The minimum Gasteiger partial charge on any atom is -0.351 e. The topological polar surface area (TPSA) is 29.1 Å². The Morgan fingerprint density at radius 3 is 2.71 bits per heavy atom. The molecule has 0 bridgehead atoms. The highest BCUT2D eigenvalue weighted by atomic mass is 16.1.